The highest BCUT2D eigenvalue weighted by Crippen LogP contribution is 2.16. The van der Waals surface area contributed by atoms with E-state index < -0.39 is 23.6 Å². The van der Waals surface area contributed by atoms with Crippen LogP contribution in [0.5, 0.6) is 0 Å². The number of nitrogens with one attached hydrogen (secondary N) is 1. The number of fused-ring (bicyclic) bond motifs is 1. The SMILES string of the molecule is C[C@@H](OC(=O)c1cc2ccccc2oc1=O)C(=O)Nc1ccccc1C#N. The van der Waals surface area contributed by atoms with Crippen molar-refractivity contribution < 1.29 is 18.7 Å². The number of nitrogens with zero attached hydrogens (tertiary/aromatic N) is 1. The van der Waals surface area contributed by atoms with Crippen molar-refractivity contribution in [3.63, 3.8) is 0 Å². The lowest BCUT2D eigenvalue weighted by molar-refractivity contribution is -0.123. The van der Waals surface area contributed by atoms with Gasteiger partial charge in [0.1, 0.15) is 17.2 Å². The number of anilines is 1. The van der Waals surface area contributed by atoms with E-state index in [-0.39, 0.29) is 11.1 Å². The van der Waals surface area contributed by atoms with Crippen molar-refractivity contribution in [1.82, 2.24) is 0 Å². The summed E-state index contributed by atoms with van der Waals surface area (Å²) in [6.07, 6.45) is -1.19. The Morgan fingerprint density at radius 2 is 1.85 bits per heavy atom. The average molecular weight is 362 g/mol. The van der Waals surface area contributed by atoms with Gasteiger partial charge in [-0.15, -0.1) is 0 Å². The molecule has 0 aliphatic heterocycles. The Morgan fingerprint density at radius 3 is 2.63 bits per heavy atom. The molecule has 0 aliphatic rings. The van der Waals surface area contributed by atoms with Crippen molar-refractivity contribution >= 4 is 28.5 Å². The quantitative estimate of drug-likeness (QED) is 0.564. The summed E-state index contributed by atoms with van der Waals surface area (Å²) in [5.41, 5.74) is -0.220. The van der Waals surface area contributed by atoms with Gasteiger partial charge in [0.25, 0.3) is 5.91 Å². The summed E-state index contributed by atoms with van der Waals surface area (Å²) in [4.78, 5) is 36.5. The fourth-order valence-electron chi connectivity index (χ4n) is 2.41. The number of amides is 1. The lowest BCUT2D eigenvalue weighted by Crippen LogP contribution is -2.31. The summed E-state index contributed by atoms with van der Waals surface area (Å²) in [6, 6.07) is 16.5. The summed E-state index contributed by atoms with van der Waals surface area (Å²) < 4.78 is 10.2. The number of hydrogen-bond acceptors (Lipinski definition) is 6. The van der Waals surface area contributed by atoms with E-state index in [9.17, 15) is 14.4 Å². The van der Waals surface area contributed by atoms with E-state index in [2.05, 4.69) is 5.32 Å². The summed E-state index contributed by atoms with van der Waals surface area (Å²) in [6.45, 7) is 1.37. The molecule has 1 N–H and O–H groups in total. The van der Waals surface area contributed by atoms with Crippen LogP contribution in [0.3, 0.4) is 0 Å². The minimum atomic E-state index is -1.19. The van der Waals surface area contributed by atoms with Crippen LogP contribution in [-0.2, 0) is 9.53 Å². The zero-order chi connectivity index (χ0) is 19.4. The molecule has 0 fully saturated rings. The number of benzene rings is 2. The highest BCUT2D eigenvalue weighted by Gasteiger charge is 2.22. The Bertz CT molecular complexity index is 1130. The Hall–Kier alpha value is -3.92. The van der Waals surface area contributed by atoms with Crippen LogP contribution < -0.4 is 10.9 Å². The second-order valence-electron chi connectivity index (χ2n) is 5.68. The predicted octanol–water partition coefficient (Wildman–Crippen LogP) is 2.85. The molecule has 0 saturated heterocycles. The molecule has 1 aromatic heterocycles. The van der Waals surface area contributed by atoms with Crippen molar-refractivity contribution in [2.45, 2.75) is 13.0 Å². The lowest BCUT2D eigenvalue weighted by atomic mass is 10.2. The number of hydrogen-bond donors (Lipinski definition) is 1. The van der Waals surface area contributed by atoms with Gasteiger partial charge in [0, 0.05) is 5.39 Å². The van der Waals surface area contributed by atoms with Gasteiger partial charge in [0.05, 0.1) is 11.3 Å². The second kappa shape index (κ2) is 7.54. The van der Waals surface area contributed by atoms with Gasteiger partial charge in [0.2, 0.25) is 0 Å². The van der Waals surface area contributed by atoms with E-state index in [1.807, 2.05) is 6.07 Å². The summed E-state index contributed by atoms with van der Waals surface area (Å²) in [7, 11) is 0. The minimum Gasteiger partial charge on any atom is -0.449 e. The molecular weight excluding hydrogens is 348 g/mol. The molecule has 0 radical (unpaired) electrons. The number of nitriles is 1. The molecule has 134 valence electrons. The normalized spacial score (nSPS) is 11.4. The van der Waals surface area contributed by atoms with Crippen molar-refractivity contribution in [2.24, 2.45) is 0 Å². The fourth-order valence-corrected chi connectivity index (χ4v) is 2.41. The minimum absolute atomic E-state index is 0.277. The third-order valence-electron chi connectivity index (χ3n) is 3.82. The number of carbonyl (C=O) groups excluding carboxylic acids is 2. The van der Waals surface area contributed by atoms with Gasteiger partial charge in [0.15, 0.2) is 6.10 Å². The Kier molecular flexibility index (Phi) is 4.99. The van der Waals surface area contributed by atoms with Crippen LogP contribution in [0.1, 0.15) is 22.8 Å². The van der Waals surface area contributed by atoms with E-state index in [0.29, 0.717) is 16.7 Å². The van der Waals surface area contributed by atoms with E-state index in [1.54, 1.807) is 48.5 Å². The molecule has 0 saturated carbocycles. The number of esters is 1. The van der Waals surface area contributed by atoms with Crippen molar-refractivity contribution in [2.75, 3.05) is 5.32 Å². The summed E-state index contributed by atoms with van der Waals surface area (Å²) >= 11 is 0. The van der Waals surface area contributed by atoms with Gasteiger partial charge in [-0.25, -0.2) is 9.59 Å². The van der Waals surface area contributed by atoms with Gasteiger partial charge in [-0.2, -0.15) is 5.26 Å². The van der Waals surface area contributed by atoms with Crippen molar-refractivity contribution in [1.29, 1.82) is 5.26 Å². The van der Waals surface area contributed by atoms with Crippen molar-refractivity contribution in [3.8, 4) is 6.07 Å². The Morgan fingerprint density at radius 1 is 1.15 bits per heavy atom. The first kappa shape index (κ1) is 17.9. The lowest BCUT2D eigenvalue weighted by Gasteiger charge is -2.14. The highest BCUT2D eigenvalue weighted by molar-refractivity contribution is 5.98. The largest absolute Gasteiger partial charge is 0.449 e. The highest BCUT2D eigenvalue weighted by atomic mass is 16.5. The Labute approximate surface area is 153 Å². The molecule has 3 rings (SSSR count). The number of ether oxygens (including phenoxy) is 1. The van der Waals surface area contributed by atoms with Gasteiger partial charge in [-0.1, -0.05) is 30.3 Å². The molecule has 0 aliphatic carbocycles. The van der Waals surface area contributed by atoms with Crippen LogP contribution >= 0.6 is 0 Å². The molecule has 0 spiro atoms. The number of para-hydroxylation sites is 2. The Balaban J connectivity index is 1.76. The van der Waals surface area contributed by atoms with Crippen molar-refractivity contribution in [3.05, 3.63) is 76.1 Å². The predicted molar refractivity (Wildman–Crippen MR) is 97.1 cm³/mol. The second-order valence-corrected chi connectivity index (χ2v) is 5.68. The zero-order valence-corrected chi connectivity index (χ0v) is 14.3. The third kappa shape index (κ3) is 3.85. The van der Waals surface area contributed by atoms with E-state index in [4.69, 9.17) is 14.4 Å². The maximum absolute atomic E-state index is 12.3. The molecule has 27 heavy (non-hydrogen) atoms. The molecule has 1 atom stereocenters. The molecule has 3 aromatic rings. The summed E-state index contributed by atoms with van der Waals surface area (Å²) in [5, 5.41) is 12.1. The topological polar surface area (TPSA) is 109 Å². The summed E-state index contributed by atoms with van der Waals surface area (Å²) in [5.74, 6) is -1.60. The van der Waals surface area contributed by atoms with Crippen LogP contribution in [0, 0.1) is 11.3 Å². The molecule has 1 amide bonds. The third-order valence-corrected chi connectivity index (χ3v) is 3.82. The fraction of sp³-hybridized carbons (Fsp3) is 0.100. The smallest absolute Gasteiger partial charge is 0.351 e. The molecule has 7 nitrogen and oxygen atoms in total. The maximum atomic E-state index is 12.3. The van der Waals surface area contributed by atoms with Crippen LogP contribution in [0.4, 0.5) is 5.69 Å². The van der Waals surface area contributed by atoms with Crippen LogP contribution in [0.2, 0.25) is 0 Å². The number of rotatable bonds is 4. The molecule has 1 heterocycles. The van der Waals surface area contributed by atoms with E-state index >= 15 is 0 Å². The van der Waals surface area contributed by atoms with E-state index in [0.717, 1.165) is 0 Å². The van der Waals surface area contributed by atoms with Gasteiger partial charge < -0.3 is 14.5 Å². The van der Waals surface area contributed by atoms with E-state index in [1.165, 1.54) is 13.0 Å². The van der Waals surface area contributed by atoms with Crippen LogP contribution in [0.15, 0.2) is 63.8 Å². The molecule has 0 unspecified atom stereocenters. The first-order valence-electron chi connectivity index (χ1n) is 8.03. The first-order valence-corrected chi connectivity index (χ1v) is 8.03. The zero-order valence-electron chi connectivity index (χ0n) is 14.3. The van der Waals surface area contributed by atoms with Gasteiger partial charge in [-0.05, 0) is 31.2 Å². The maximum Gasteiger partial charge on any atom is 0.351 e. The molecule has 0 bridgehead atoms. The molecule has 7 heteroatoms. The molecular formula is C20H14N2O5. The number of carbonyl (C=O) groups is 2. The first-order chi connectivity index (χ1) is 13.0. The monoisotopic (exact) mass is 362 g/mol. The van der Waals surface area contributed by atoms with Crippen LogP contribution in [-0.4, -0.2) is 18.0 Å². The van der Waals surface area contributed by atoms with Crippen LogP contribution in [0.25, 0.3) is 11.0 Å². The molecule has 2 aromatic carbocycles. The van der Waals surface area contributed by atoms with Gasteiger partial charge in [-0.3, -0.25) is 4.79 Å². The van der Waals surface area contributed by atoms with Gasteiger partial charge >= 0.3 is 11.6 Å². The average Bonchev–Trinajstić information content (AvgIpc) is 2.67. The standard InChI is InChI=1S/C20H14N2O5/c1-12(18(23)22-16-8-4-2-7-14(16)11-21)26-19(24)15-10-13-6-3-5-9-17(13)27-20(15)25/h2-10,12H,1H3,(H,22,23)/t12-/m1/s1.